The Morgan fingerprint density at radius 1 is 0.941 bits per heavy atom. The monoisotopic (exact) mass is 258 g/mol. The average molecular weight is 258 g/mol. The van der Waals surface area contributed by atoms with E-state index < -0.39 is 46.4 Å². The van der Waals surface area contributed by atoms with Crippen LogP contribution >= 0.6 is 0 Å². The molecule has 96 valence electrons. The molecule has 0 atom stereocenters. The second kappa shape index (κ2) is 4.12. The van der Waals surface area contributed by atoms with Crippen molar-refractivity contribution in [2.45, 2.75) is 25.9 Å². The van der Waals surface area contributed by atoms with Gasteiger partial charge in [-0.25, -0.2) is 8.78 Å². The maximum Gasteiger partial charge on any atom is 0.422 e. The molecule has 0 saturated carbocycles. The van der Waals surface area contributed by atoms with Crippen LogP contribution in [0.4, 0.5) is 26.3 Å². The van der Waals surface area contributed by atoms with Gasteiger partial charge in [0.05, 0.1) is 0 Å². The summed E-state index contributed by atoms with van der Waals surface area (Å²) in [5.41, 5.74) is -3.22. The lowest BCUT2D eigenvalue weighted by Crippen LogP contribution is -2.15. The highest BCUT2D eigenvalue weighted by atomic mass is 19.4. The number of benzene rings is 1. The van der Waals surface area contributed by atoms with Gasteiger partial charge in [0, 0.05) is 5.56 Å². The smallest absolute Gasteiger partial charge is 0.422 e. The van der Waals surface area contributed by atoms with Gasteiger partial charge in [-0.15, -0.1) is 0 Å². The van der Waals surface area contributed by atoms with E-state index in [9.17, 15) is 26.3 Å². The number of rotatable bonds is 1. The molecule has 1 rings (SSSR count). The van der Waals surface area contributed by atoms with Gasteiger partial charge in [-0.1, -0.05) is 13.8 Å². The molecule has 0 radical (unpaired) electrons. The summed E-state index contributed by atoms with van der Waals surface area (Å²) in [6.07, 6.45) is -5.37. The van der Waals surface area contributed by atoms with Crippen molar-refractivity contribution in [2.75, 3.05) is 0 Å². The zero-order valence-corrected chi connectivity index (χ0v) is 8.79. The van der Waals surface area contributed by atoms with Gasteiger partial charge in [-0.3, -0.25) is 0 Å². The van der Waals surface area contributed by atoms with Crippen molar-refractivity contribution in [3.63, 3.8) is 0 Å². The van der Waals surface area contributed by atoms with Gasteiger partial charge in [0.2, 0.25) is 5.82 Å². The minimum Gasteiger partial charge on any atom is -0.504 e. The summed E-state index contributed by atoms with van der Waals surface area (Å²) in [5.74, 6) is -8.86. The largest absolute Gasteiger partial charge is 0.504 e. The van der Waals surface area contributed by atoms with Crippen molar-refractivity contribution in [3.8, 4) is 5.75 Å². The van der Waals surface area contributed by atoms with Crippen LogP contribution in [0.15, 0.2) is 0 Å². The summed E-state index contributed by atoms with van der Waals surface area (Å²) in [6.45, 7) is 2.49. The van der Waals surface area contributed by atoms with E-state index in [-0.39, 0.29) is 0 Å². The Labute approximate surface area is 92.7 Å². The number of hydrogen-bond acceptors (Lipinski definition) is 1. The summed E-state index contributed by atoms with van der Waals surface area (Å²) in [6, 6.07) is 0. The SMILES string of the molecule is CC(C)c1c(O)c(F)c(F)c(C(F)(F)F)c1F. The molecule has 0 fully saturated rings. The van der Waals surface area contributed by atoms with Crippen LogP contribution in [-0.2, 0) is 6.18 Å². The minimum absolute atomic E-state index is 0.892. The normalized spacial score (nSPS) is 12.3. The lowest BCUT2D eigenvalue weighted by Gasteiger charge is -2.16. The summed E-state index contributed by atoms with van der Waals surface area (Å²) in [4.78, 5) is 0. The van der Waals surface area contributed by atoms with Crippen LogP contribution in [0, 0.1) is 17.5 Å². The predicted molar refractivity (Wildman–Crippen MR) is 47.1 cm³/mol. The molecular weight excluding hydrogens is 250 g/mol. The molecule has 1 nitrogen and oxygen atoms in total. The van der Waals surface area contributed by atoms with Crippen LogP contribution in [-0.4, -0.2) is 5.11 Å². The third kappa shape index (κ3) is 2.18. The second-order valence-electron chi connectivity index (χ2n) is 3.73. The van der Waals surface area contributed by atoms with Crippen LogP contribution in [0.3, 0.4) is 0 Å². The Morgan fingerprint density at radius 3 is 1.76 bits per heavy atom. The topological polar surface area (TPSA) is 20.2 Å². The molecule has 0 spiro atoms. The number of hydrogen-bond donors (Lipinski definition) is 1. The highest BCUT2D eigenvalue weighted by Crippen LogP contribution is 2.41. The fraction of sp³-hybridized carbons (Fsp3) is 0.400. The highest BCUT2D eigenvalue weighted by molar-refractivity contribution is 5.43. The molecule has 1 N–H and O–H groups in total. The maximum atomic E-state index is 13.4. The molecule has 0 heterocycles. The van der Waals surface area contributed by atoms with Gasteiger partial charge < -0.3 is 5.11 Å². The minimum atomic E-state index is -5.37. The van der Waals surface area contributed by atoms with E-state index in [1.165, 1.54) is 13.8 Å². The summed E-state index contributed by atoms with van der Waals surface area (Å²) in [5, 5.41) is 9.10. The molecule has 7 heteroatoms. The lowest BCUT2D eigenvalue weighted by molar-refractivity contribution is -0.143. The summed E-state index contributed by atoms with van der Waals surface area (Å²) in [7, 11) is 0. The van der Waals surface area contributed by atoms with E-state index in [1.54, 1.807) is 0 Å². The van der Waals surface area contributed by atoms with Crippen LogP contribution in [0.25, 0.3) is 0 Å². The zero-order chi connectivity index (χ0) is 13.5. The first kappa shape index (κ1) is 13.7. The van der Waals surface area contributed by atoms with Gasteiger partial charge >= 0.3 is 6.18 Å². The van der Waals surface area contributed by atoms with Crippen LogP contribution < -0.4 is 0 Å². The number of alkyl halides is 3. The first-order valence-electron chi connectivity index (χ1n) is 4.55. The molecule has 0 amide bonds. The number of phenols is 1. The van der Waals surface area contributed by atoms with Gasteiger partial charge in [0.1, 0.15) is 11.4 Å². The van der Waals surface area contributed by atoms with Crippen molar-refractivity contribution in [2.24, 2.45) is 0 Å². The Kier molecular flexibility index (Phi) is 3.31. The van der Waals surface area contributed by atoms with E-state index in [0.717, 1.165) is 0 Å². The molecule has 0 bridgehead atoms. The molecule has 0 aliphatic heterocycles. The molecule has 0 saturated heterocycles. The lowest BCUT2D eigenvalue weighted by atomic mass is 9.97. The van der Waals surface area contributed by atoms with E-state index in [0.29, 0.717) is 0 Å². The summed E-state index contributed by atoms with van der Waals surface area (Å²) >= 11 is 0. The van der Waals surface area contributed by atoms with Crippen LogP contribution in [0.2, 0.25) is 0 Å². The Bertz CT molecular complexity index is 449. The molecular formula is C10H8F6O. The van der Waals surface area contributed by atoms with E-state index in [2.05, 4.69) is 0 Å². The van der Waals surface area contributed by atoms with Gasteiger partial charge in [-0.05, 0) is 5.92 Å². The van der Waals surface area contributed by atoms with E-state index >= 15 is 0 Å². The highest BCUT2D eigenvalue weighted by Gasteiger charge is 2.42. The number of aromatic hydroxyl groups is 1. The molecule has 0 aliphatic carbocycles. The first-order chi connectivity index (χ1) is 7.59. The molecule has 1 aromatic rings. The van der Waals surface area contributed by atoms with Crippen molar-refractivity contribution in [1.82, 2.24) is 0 Å². The Morgan fingerprint density at radius 2 is 1.41 bits per heavy atom. The Balaban J connectivity index is 3.75. The molecule has 1 aromatic carbocycles. The third-order valence-corrected chi connectivity index (χ3v) is 2.19. The zero-order valence-electron chi connectivity index (χ0n) is 8.79. The van der Waals surface area contributed by atoms with E-state index in [4.69, 9.17) is 5.11 Å². The predicted octanol–water partition coefficient (Wildman–Crippen LogP) is 3.95. The second-order valence-corrected chi connectivity index (χ2v) is 3.73. The van der Waals surface area contributed by atoms with E-state index in [1.807, 2.05) is 0 Å². The van der Waals surface area contributed by atoms with Crippen LogP contribution in [0.5, 0.6) is 5.75 Å². The van der Waals surface area contributed by atoms with Crippen molar-refractivity contribution in [3.05, 3.63) is 28.6 Å². The molecule has 0 aromatic heterocycles. The standard InChI is InChI=1S/C10H8F6O/c1-3(2)4-6(11)5(10(14,15)16)7(12)8(13)9(4)17/h3,17H,1-2H3. The maximum absolute atomic E-state index is 13.4. The quantitative estimate of drug-likeness (QED) is 0.597. The fourth-order valence-corrected chi connectivity index (χ4v) is 1.44. The van der Waals surface area contributed by atoms with Crippen LogP contribution in [0.1, 0.15) is 30.9 Å². The summed E-state index contributed by atoms with van der Waals surface area (Å²) < 4.78 is 76.4. The van der Waals surface area contributed by atoms with Crippen molar-refractivity contribution >= 4 is 0 Å². The molecule has 17 heavy (non-hydrogen) atoms. The third-order valence-electron chi connectivity index (χ3n) is 2.19. The van der Waals surface area contributed by atoms with Crippen molar-refractivity contribution in [1.29, 1.82) is 0 Å². The molecule has 0 aliphatic rings. The van der Waals surface area contributed by atoms with Gasteiger partial charge in [0.25, 0.3) is 0 Å². The average Bonchev–Trinajstić information content (AvgIpc) is 2.11. The number of phenolic OH excluding ortho intramolecular Hbond substituents is 1. The Hall–Kier alpha value is -1.40. The van der Waals surface area contributed by atoms with Gasteiger partial charge in [0.15, 0.2) is 11.6 Å². The fourth-order valence-electron chi connectivity index (χ4n) is 1.44. The van der Waals surface area contributed by atoms with Gasteiger partial charge in [-0.2, -0.15) is 17.6 Å². The first-order valence-corrected chi connectivity index (χ1v) is 4.55. The number of halogens is 6. The molecule has 0 unspecified atom stereocenters. The van der Waals surface area contributed by atoms with Crippen molar-refractivity contribution < 1.29 is 31.4 Å².